The molecule has 0 bridgehead atoms. The van der Waals surface area contributed by atoms with Gasteiger partial charge in [-0.3, -0.25) is 0 Å². The van der Waals surface area contributed by atoms with Gasteiger partial charge in [-0.2, -0.15) is 0 Å². The largest absolute Gasteiger partial charge is 0.493 e. The normalized spacial score (nSPS) is 10.8. The number of benzene rings is 1. The smallest absolute Gasteiger partial charge is 0.125 e. The van der Waals surface area contributed by atoms with Gasteiger partial charge in [0.25, 0.3) is 0 Å². The Labute approximate surface area is 120 Å². The summed E-state index contributed by atoms with van der Waals surface area (Å²) in [6.45, 7) is 5.49. The van der Waals surface area contributed by atoms with E-state index in [0.717, 1.165) is 24.4 Å². The maximum atomic E-state index is 5.94. The van der Waals surface area contributed by atoms with Crippen LogP contribution in [0, 0.1) is 13.8 Å². The topological polar surface area (TPSA) is 53.1 Å². The van der Waals surface area contributed by atoms with Gasteiger partial charge in [-0.05, 0) is 43.5 Å². The third-order valence-electron chi connectivity index (χ3n) is 3.45. The molecular formula is C16H23N3O. The van der Waals surface area contributed by atoms with Crippen molar-refractivity contribution in [2.75, 3.05) is 13.2 Å². The molecule has 2 aromatic rings. The van der Waals surface area contributed by atoms with Crippen LogP contribution in [0.15, 0.2) is 24.5 Å². The van der Waals surface area contributed by atoms with Gasteiger partial charge in [-0.1, -0.05) is 12.1 Å². The minimum Gasteiger partial charge on any atom is -0.493 e. The number of nitrogens with two attached hydrogens (primary N) is 1. The Kier molecular flexibility index (Phi) is 4.79. The predicted octanol–water partition coefficient (Wildman–Crippen LogP) is 2.16. The van der Waals surface area contributed by atoms with Gasteiger partial charge in [0.2, 0.25) is 0 Å². The minimum absolute atomic E-state index is 0.642. The van der Waals surface area contributed by atoms with Crippen LogP contribution in [0.2, 0.25) is 0 Å². The molecule has 0 radical (unpaired) electrons. The molecule has 1 aromatic heterocycles. The predicted molar refractivity (Wildman–Crippen MR) is 81.1 cm³/mol. The summed E-state index contributed by atoms with van der Waals surface area (Å²) < 4.78 is 7.97. The van der Waals surface area contributed by atoms with E-state index in [2.05, 4.69) is 31.0 Å². The van der Waals surface area contributed by atoms with E-state index in [1.54, 1.807) is 0 Å². The second kappa shape index (κ2) is 6.57. The highest BCUT2D eigenvalue weighted by atomic mass is 16.5. The lowest BCUT2D eigenvalue weighted by atomic mass is 10.0. The van der Waals surface area contributed by atoms with Crippen molar-refractivity contribution in [3.8, 4) is 5.75 Å². The van der Waals surface area contributed by atoms with E-state index in [4.69, 9.17) is 10.5 Å². The number of hydrogen-bond acceptors (Lipinski definition) is 3. The lowest BCUT2D eigenvalue weighted by Gasteiger charge is -2.14. The first kappa shape index (κ1) is 14.6. The van der Waals surface area contributed by atoms with Crippen LogP contribution in [-0.4, -0.2) is 22.7 Å². The number of aromatic nitrogens is 2. The second-order valence-corrected chi connectivity index (χ2v) is 5.15. The van der Waals surface area contributed by atoms with Gasteiger partial charge in [-0.15, -0.1) is 0 Å². The Morgan fingerprint density at radius 3 is 2.45 bits per heavy atom. The molecule has 0 amide bonds. The van der Waals surface area contributed by atoms with E-state index in [1.807, 2.05) is 24.0 Å². The Morgan fingerprint density at radius 1 is 1.20 bits per heavy atom. The highest BCUT2D eigenvalue weighted by molar-refractivity contribution is 5.43. The fraction of sp³-hybridized carbons (Fsp3) is 0.438. The molecule has 0 saturated carbocycles. The van der Waals surface area contributed by atoms with Gasteiger partial charge in [0.05, 0.1) is 6.61 Å². The number of rotatable bonds is 6. The standard InChI is InChI=1S/C16H23N3O/c1-12-10-14(4-6-17)11-13(2)16(12)20-9-5-15-18-7-8-19(15)3/h7-8,10-11H,4-6,9,17H2,1-3H3. The maximum Gasteiger partial charge on any atom is 0.125 e. The molecule has 20 heavy (non-hydrogen) atoms. The second-order valence-electron chi connectivity index (χ2n) is 5.15. The molecule has 4 heteroatoms. The quantitative estimate of drug-likeness (QED) is 0.877. The molecule has 4 nitrogen and oxygen atoms in total. The Balaban J connectivity index is 2.01. The van der Waals surface area contributed by atoms with Crippen LogP contribution in [0.4, 0.5) is 0 Å². The molecule has 1 aromatic carbocycles. The fourth-order valence-corrected chi connectivity index (χ4v) is 2.46. The summed E-state index contributed by atoms with van der Waals surface area (Å²) in [5, 5.41) is 0. The molecule has 0 saturated heterocycles. The highest BCUT2D eigenvalue weighted by Crippen LogP contribution is 2.25. The average molecular weight is 273 g/mol. The van der Waals surface area contributed by atoms with E-state index in [0.29, 0.717) is 13.2 Å². The highest BCUT2D eigenvalue weighted by Gasteiger charge is 2.07. The van der Waals surface area contributed by atoms with Crippen molar-refractivity contribution in [3.63, 3.8) is 0 Å². The van der Waals surface area contributed by atoms with Gasteiger partial charge in [0.15, 0.2) is 0 Å². The number of aryl methyl sites for hydroxylation is 3. The minimum atomic E-state index is 0.642. The molecule has 0 spiro atoms. The summed E-state index contributed by atoms with van der Waals surface area (Å²) in [6.07, 6.45) is 5.49. The Bertz CT molecular complexity index is 552. The maximum absolute atomic E-state index is 5.94. The van der Waals surface area contributed by atoms with Crippen LogP contribution in [0.3, 0.4) is 0 Å². The number of ether oxygens (including phenoxy) is 1. The Hall–Kier alpha value is -1.81. The fourth-order valence-electron chi connectivity index (χ4n) is 2.46. The van der Waals surface area contributed by atoms with Crippen LogP contribution in [-0.2, 0) is 19.9 Å². The molecule has 2 N–H and O–H groups in total. The first-order valence-corrected chi connectivity index (χ1v) is 7.01. The van der Waals surface area contributed by atoms with Crippen LogP contribution < -0.4 is 10.5 Å². The first-order chi connectivity index (χ1) is 9.61. The molecule has 0 fully saturated rings. The SMILES string of the molecule is Cc1cc(CCN)cc(C)c1OCCc1nccn1C. The summed E-state index contributed by atoms with van der Waals surface area (Å²) in [6, 6.07) is 4.33. The lowest BCUT2D eigenvalue weighted by molar-refractivity contribution is 0.313. The van der Waals surface area contributed by atoms with Crippen LogP contribution in [0.1, 0.15) is 22.5 Å². The molecule has 2 rings (SSSR count). The van der Waals surface area contributed by atoms with Crippen LogP contribution in [0.5, 0.6) is 5.75 Å². The molecule has 0 aliphatic carbocycles. The third-order valence-corrected chi connectivity index (χ3v) is 3.45. The zero-order valence-electron chi connectivity index (χ0n) is 12.5. The van der Waals surface area contributed by atoms with Gasteiger partial charge in [0, 0.05) is 25.9 Å². The lowest BCUT2D eigenvalue weighted by Crippen LogP contribution is -2.08. The molecule has 0 aliphatic heterocycles. The number of nitrogens with zero attached hydrogens (tertiary/aromatic N) is 2. The van der Waals surface area contributed by atoms with E-state index < -0.39 is 0 Å². The van der Waals surface area contributed by atoms with E-state index >= 15 is 0 Å². The summed E-state index contributed by atoms with van der Waals surface area (Å²) in [5.74, 6) is 2.03. The monoisotopic (exact) mass is 273 g/mol. The van der Waals surface area contributed by atoms with Crippen LogP contribution >= 0.6 is 0 Å². The summed E-state index contributed by atoms with van der Waals surface area (Å²) in [7, 11) is 2.00. The zero-order valence-corrected chi connectivity index (χ0v) is 12.5. The molecule has 108 valence electrons. The van der Waals surface area contributed by atoms with Gasteiger partial charge in [-0.25, -0.2) is 4.98 Å². The Morgan fingerprint density at radius 2 is 1.90 bits per heavy atom. The van der Waals surface area contributed by atoms with Gasteiger partial charge in [0.1, 0.15) is 11.6 Å². The molecular weight excluding hydrogens is 250 g/mol. The molecule has 0 unspecified atom stereocenters. The van der Waals surface area contributed by atoms with Crippen molar-refractivity contribution >= 4 is 0 Å². The summed E-state index contributed by atoms with van der Waals surface area (Å²) in [5.41, 5.74) is 9.23. The molecule has 0 aliphatic rings. The van der Waals surface area contributed by atoms with Crippen molar-refractivity contribution in [1.29, 1.82) is 0 Å². The summed E-state index contributed by atoms with van der Waals surface area (Å²) >= 11 is 0. The van der Waals surface area contributed by atoms with Crippen molar-refractivity contribution in [2.45, 2.75) is 26.7 Å². The first-order valence-electron chi connectivity index (χ1n) is 7.01. The van der Waals surface area contributed by atoms with E-state index in [9.17, 15) is 0 Å². The van der Waals surface area contributed by atoms with Gasteiger partial charge >= 0.3 is 0 Å². The van der Waals surface area contributed by atoms with E-state index in [1.165, 1.54) is 16.7 Å². The van der Waals surface area contributed by atoms with Crippen LogP contribution in [0.25, 0.3) is 0 Å². The van der Waals surface area contributed by atoms with E-state index in [-0.39, 0.29) is 0 Å². The average Bonchev–Trinajstić information content (AvgIpc) is 2.79. The van der Waals surface area contributed by atoms with Crippen molar-refractivity contribution < 1.29 is 4.74 Å². The van der Waals surface area contributed by atoms with Crippen molar-refractivity contribution in [3.05, 3.63) is 47.0 Å². The summed E-state index contributed by atoms with van der Waals surface area (Å²) in [4.78, 5) is 4.30. The molecule has 1 heterocycles. The third kappa shape index (κ3) is 3.39. The molecule has 0 atom stereocenters. The zero-order chi connectivity index (χ0) is 14.5. The number of hydrogen-bond donors (Lipinski definition) is 1. The number of imidazole rings is 1. The van der Waals surface area contributed by atoms with Crippen molar-refractivity contribution in [2.24, 2.45) is 12.8 Å². The van der Waals surface area contributed by atoms with Crippen molar-refractivity contribution in [1.82, 2.24) is 9.55 Å². The van der Waals surface area contributed by atoms with Gasteiger partial charge < -0.3 is 15.0 Å².